The molecule has 0 saturated heterocycles. The molecule has 0 aromatic carbocycles. The minimum absolute atomic E-state index is 0. The van der Waals surface area contributed by atoms with Crippen LogP contribution >= 0.6 is 0 Å². The maximum atomic E-state index is 10.9. The molecule has 0 aliphatic carbocycles. The zero-order chi connectivity index (χ0) is 43.5. The van der Waals surface area contributed by atoms with E-state index in [1.807, 2.05) is 27.7 Å². The quantitative estimate of drug-likeness (QED) is 0.0515. The summed E-state index contributed by atoms with van der Waals surface area (Å²) in [6.45, 7) is 41.8. The molecule has 0 radical (unpaired) electrons. The normalized spacial score (nSPS) is 11.1. The molecule has 0 amide bonds. The summed E-state index contributed by atoms with van der Waals surface area (Å²) >= 11 is 0. The van der Waals surface area contributed by atoms with Crippen LogP contribution in [0, 0.1) is 21.7 Å². The molecular weight excluding hydrogens is 768 g/mol. The number of hydrogen-bond donors (Lipinski definition) is 0. The van der Waals surface area contributed by atoms with Gasteiger partial charge in [-0.15, -0.1) is 79.1 Å². The van der Waals surface area contributed by atoms with E-state index in [1.54, 1.807) is 48.6 Å². The van der Waals surface area contributed by atoms with Crippen molar-refractivity contribution in [3.8, 4) is 0 Å². The van der Waals surface area contributed by atoms with E-state index in [2.05, 4.69) is 52.6 Å². The Hall–Kier alpha value is -1.85. The monoisotopic (exact) mass is 844 g/mol. The van der Waals surface area contributed by atoms with Gasteiger partial charge in [0.2, 0.25) is 0 Å². The van der Waals surface area contributed by atoms with Crippen molar-refractivity contribution in [3.05, 3.63) is 101 Å². The number of hydrogen-bond acceptors (Lipinski definition) is 12. The Bertz CT molecular complexity index is 767. The van der Waals surface area contributed by atoms with E-state index >= 15 is 0 Å². The van der Waals surface area contributed by atoms with Crippen molar-refractivity contribution < 1.29 is 80.0 Å². The first kappa shape index (κ1) is 64.3. The van der Waals surface area contributed by atoms with Gasteiger partial charge in [-0.1, -0.05) is 76.3 Å². The van der Waals surface area contributed by atoms with Crippen LogP contribution < -0.4 is 20.4 Å². The van der Waals surface area contributed by atoms with Crippen LogP contribution in [0.15, 0.2) is 101 Å². The summed E-state index contributed by atoms with van der Waals surface area (Å²) in [7, 11) is 0. The molecule has 328 valence electrons. The number of rotatable bonds is 36. The van der Waals surface area contributed by atoms with Gasteiger partial charge in [0.25, 0.3) is 0 Å². The minimum Gasteiger partial charge on any atom is -0.854 e. The molecule has 0 aromatic rings. The van der Waals surface area contributed by atoms with Crippen LogP contribution in [-0.2, 0) is 59.6 Å². The van der Waals surface area contributed by atoms with E-state index in [9.17, 15) is 20.4 Å². The van der Waals surface area contributed by atoms with Crippen LogP contribution in [0.3, 0.4) is 0 Å². The van der Waals surface area contributed by atoms with E-state index in [1.165, 1.54) is 0 Å². The summed E-state index contributed by atoms with van der Waals surface area (Å²) in [5, 5.41) is 43.7. The minimum atomic E-state index is -0.452. The third-order valence-corrected chi connectivity index (χ3v) is 6.88. The first-order chi connectivity index (χ1) is 26.7. The van der Waals surface area contributed by atoms with Crippen molar-refractivity contribution in [3.63, 3.8) is 0 Å². The van der Waals surface area contributed by atoms with E-state index in [0.717, 1.165) is 0 Å². The van der Waals surface area contributed by atoms with Gasteiger partial charge in [-0.05, 0) is 21.7 Å². The van der Waals surface area contributed by atoms with Gasteiger partial charge in [-0.2, -0.15) is 0 Å². The van der Waals surface area contributed by atoms with Gasteiger partial charge in [0, 0.05) is 0 Å². The van der Waals surface area contributed by atoms with Gasteiger partial charge in [-0.3, -0.25) is 0 Å². The fourth-order valence-electron chi connectivity index (χ4n) is 3.61. The van der Waals surface area contributed by atoms with Crippen molar-refractivity contribution in [2.24, 2.45) is 21.7 Å². The van der Waals surface area contributed by atoms with Crippen LogP contribution in [0.25, 0.3) is 0 Å². The molecule has 0 aliphatic rings. The van der Waals surface area contributed by atoms with Crippen LogP contribution in [0.4, 0.5) is 0 Å². The standard InChI is InChI=1S/4C11H19O3.Ti/c4*1-4-6-13-9-11(3,8-12)10-14-7-5-2;/h4*4-5H,1-2,6-10H2,3H3;/q4*-1;+4. The molecule has 0 unspecified atom stereocenters. The molecule has 0 spiro atoms. The Kier molecular flexibility index (Phi) is 51.0. The van der Waals surface area contributed by atoms with Crippen molar-refractivity contribution in [2.75, 3.05) is 132 Å². The number of ether oxygens (including phenoxy) is 8. The molecule has 0 saturated carbocycles. The van der Waals surface area contributed by atoms with Crippen LogP contribution in [0.1, 0.15) is 27.7 Å². The maximum Gasteiger partial charge on any atom is 4.00 e. The van der Waals surface area contributed by atoms with E-state index in [4.69, 9.17) is 37.9 Å². The second-order valence-electron chi connectivity index (χ2n) is 14.3. The molecule has 12 nitrogen and oxygen atoms in total. The first-order valence-corrected chi connectivity index (χ1v) is 18.5. The Morgan fingerprint density at radius 2 is 0.404 bits per heavy atom. The topological polar surface area (TPSA) is 166 Å². The third-order valence-electron chi connectivity index (χ3n) is 6.88. The summed E-state index contributed by atoms with van der Waals surface area (Å²) in [5.41, 5.74) is -1.81. The zero-order valence-electron chi connectivity index (χ0n) is 35.8. The molecule has 0 heterocycles. The second-order valence-corrected chi connectivity index (χ2v) is 14.3. The SMILES string of the molecule is C=CCOCC(C)(C[O-])COCC=C.C=CCOCC(C)(C[O-])COCC=C.C=CCOCC(C)(C[O-])COCC=C.C=CCOCC(C)(C[O-])COCC=C.[Ti+4]. The first-order valence-electron chi connectivity index (χ1n) is 18.5. The Labute approximate surface area is 361 Å². The van der Waals surface area contributed by atoms with Gasteiger partial charge in [-0.25, -0.2) is 0 Å². The molecule has 0 bridgehead atoms. The largest absolute Gasteiger partial charge is 4.00 e. The van der Waals surface area contributed by atoms with Crippen LogP contribution in [0.5, 0.6) is 0 Å². The Morgan fingerprint density at radius 3 is 0.474 bits per heavy atom. The molecule has 13 heteroatoms. The van der Waals surface area contributed by atoms with Gasteiger partial charge < -0.3 is 58.3 Å². The average Bonchev–Trinajstić information content (AvgIpc) is 3.19. The fraction of sp³-hybridized carbons (Fsp3) is 0.636. The molecule has 57 heavy (non-hydrogen) atoms. The van der Waals surface area contributed by atoms with E-state index < -0.39 is 21.7 Å². The summed E-state index contributed by atoms with van der Waals surface area (Å²) in [6.07, 6.45) is 13.3. The molecule has 0 atom stereocenters. The van der Waals surface area contributed by atoms with Crippen molar-refractivity contribution in [2.45, 2.75) is 27.7 Å². The smallest absolute Gasteiger partial charge is 0.854 e. The van der Waals surface area contributed by atoms with Crippen molar-refractivity contribution >= 4 is 0 Å². The average molecular weight is 845 g/mol. The van der Waals surface area contributed by atoms with Crippen molar-refractivity contribution in [1.29, 1.82) is 0 Å². The van der Waals surface area contributed by atoms with E-state index in [-0.39, 0.29) is 48.1 Å². The maximum absolute atomic E-state index is 10.9. The summed E-state index contributed by atoms with van der Waals surface area (Å²) in [5.74, 6) is 0. The van der Waals surface area contributed by atoms with Gasteiger partial charge >= 0.3 is 21.7 Å². The van der Waals surface area contributed by atoms with Gasteiger partial charge in [0.1, 0.15) is 0 Å². The fourth-order valence-corrected chi connectivity index (χ4v) is 3.61. The van der Waals surface area contributed by atoms with Crippen LogP contribution in [0.2, 0.25) is 0 Å². The third kappa shape index (κ3) is 43.6. The summed E-state index contributed by atoms with van der Waals surface area (Å²) in [4.78, 5) is 0. The molecule has 0 rings (SSSR count). The molecule has 0 aromatic heterocycles. The molecule has 0 N–H and O–H groups in total. The van der Waals surface area contributed by atoms with Crippen LogP contribution in [-0.4, -0.2) is 132 Å². The summed E-state index contributed by atoms with van der Waals surface area (Å²) in [6, 6.07) is 0. The zero-order valence-corrected chi connectivity index (χ0v) is 37.4. The molecule has 0 fully saturated rings. The molecule has 0 aliphatic heterocycles. The van der Waals surface area contributed by atoms with Gasteiger partial charge in [0.05, 0.1) is 106 Å². The second kappa shape index (κ2) is 45.2. The van der Waals surface area contributed by atoms with E-state index in [0.29, 0.717) is 106 Å². The Morgan fingerprint density at radius 1 is 0.298 bits per heavy atom. The predicted octanol–water partition coefficient (Wildman–Crippen LogP) is 3.03. The Balaban J connectivity index is -0.000000210. The molecular formula is C44H76O12Ti. The van der Waals surface area contributed by atoms with Crippen molar-refractivity contribution in [1.82, 2.24) is 0 Å². The predicted molar refractivity (Wildman–Crippen MR) is 220 cm³/mol. The summed E-state index contributed by atoms with van der Waals surface area (Å²) < 4.78 is 42.0. The van der Waals surface area contributed by atoms with Gasteiger partial charge in [0.15, 0.2) is 0 Å².